The van der Waals surface area contributed by atoms with E-state index in [4.69, 9.17) is 46.4 Å². The molecule has 0 aliphatic carbocycles. The Morgan fingerprint density at radius 1 is 1.04 bits per heavy atom. The van der Waals surface area contributed by atoms with Crippen LogP contribution in [0, 0.1) is 0 Å². The molecule has 3 aromatic rings. The van der Waals surface area contributed by atoms with Crippen molar-refractivity contribution in [3.8, 4) is 0 Å². The van der Waals surface area contributed by atoms with Crippen LogP contribution in [0.15, 0.2) is 29.6 Å². The normalized spacial score (nSPS) is 11.8. The van der Waals surface area contributed by atoms with Gasteiger partial charge in [0, 0.05) is 6.20 Å². The van der Waals surface area contributed by atoms with Crippen molar-refractivity contribution in [2.24, 2.45) is 0 Å². The molecule has 0 spiro atoms. The second-order valence-electron chi connectivity index (χ2n) is 5.33. The SMILES string of the molecule is O=C(CSc1nnc2c(Cl)cc(C(F)(F)F)cn12)Nc1cc(Cl)c(Cl)cc1Cl. The van der Waals surface area contributed by atoms with Crippen LogP contribution in [-0.2, 0) is 11.0 Å². The van der Waals surface area contributed by atoms with Crippen LogP contribution in [0.5, 0.6) is 0 Å². The number of amides is 1. The minimum absolute atomic E-state index is 0.0464. The van der Waals surface area contributed by atoms with Crippen LogP contribution in [0.25, 0.3) is 5.65 Å². The van der Waals surface area contributed by atoms with Crippen molar-refractivity contribution in [2.45, 2.75) is 11.3 Å². The van der Waals surface area contributed by atoms with E-state index in [2.05, 4.69) is 15.5 Å². The summed E-state index contributed by atoms with van der Waals surface area (Å²) in [6, 6.07) is 3.52. The molecule has 0 bridgehead atoms. The Balaban J connectivity index is 1.77. The molecule has 1 N–H and O–H groups in total. The first-order valence-corrected chi connectivity index (χ1v) is 9.74. The number of halogens is 7. The van der Waals surface area contributed by atoms with Gasteiger partial charge in [-0.1, -0.05) is 58.2 Å². The first-order valence-electron chi connectivity index (χ1n) is 7.25. The summed E-state index contributed by atoms with van der Waals surface area (Å²) in [6.07, 6.45) is -3.77. The molecule has 0 saturated carbocycles. The summed E-state index contributed by atoms with van der Waals surface area (Å²) < 4.78 is 40.0. The highest BCUT2D eigenvalue weighted by Crippen LogP contribution is 2.34. The molecule has 0 radical (unpaired) electrons. The zero-order valence-corrected chi connectivity index (χ0v) is 17.2. The molecule has 2 heterocycles. The summed E-state index contributed by atoms with van der Waals surface area (Å²) in [5.41, 5.74) is -0.668. The van der Waals surface area contributed by atoms with Gasteiger partial charge in [0.15, 0.2) is 10.8 Å². The van der Waals surface area contributed by atoms with Gasteiger partial charge in [-0.15, -0.1) is 10.2 Å². The first kappa shape index (κ1) is 21.3. The Kier molecular flexibility index (Phi) is 6.21. The van der Waals surface area contributed by atoms with Gasteiger partial charge in [-0.25, -0.2) is 0 Å². The van der Waals surface area contributed by atoms with Crippen molar-refractivity contribution >= 4 is 75.4 Å². The molecule has 0 unspecified atom stereocenters. The molecule has 28 heavy (non-hydrogen) atoms. The lowest BCUT2D eigenvalue weighted by Gasteiger charge is -2.09. The van der Waals surface area contributed by atoms with Crippen molar-refractivity contribution in [3.05, 3.63) is 50.0 Å². The van der Waals surface area contributed by atoms with Gasteiger partial charge in [-0.2, -0.15) is 13.2 Å². The van der Waals surface area contributed by atoms with E-state index in [-0.39, 0.29) is 42.3 Å². The van der Waals surface area contributed by atoms with Crippen molar-refractivity contribution in [2.75, 3.05) is 11.1 Å². The number of rotatable bonds is 4. The fraction of sp³-hybridized carbons (Fsp3) is 0.133. The van der Waals surface area contributed by atoms with Crippen molar-refractivity contribution in [1.29, 1.82) is 0 Å². The molecule has 3 rings (SSSR count). The van der Waals surface area contributed by atoms with Gasteiger partial charge < -0.3 is 5.32 Å². The van der Waals surface area contributed by atoms with Gasteiger partial charge in [0.1, 0.15) is 0 Å². The van der Waals surface area contributed by atoms with Crippen LogP contribution < -0.4 is 5.32 Å². The van der Waals surface area contributed by atoms with Crippen molar-refractivity contribution in [1.82, 2.24) is 14.6 Å². The molecule has 1 aromatic carbocycles. The van der Waals surface area contributed by atoms with Crippen LogP contribution in [0.3, 0.4) is 0 Å². The molecular formula is C15H7Cl4F3N4OS. The fourth-order valence-electron chi connectivity index (χ4n) is 2.12. The van der Waals surface area contributed by atoms with Crippen molar-refractivity contribution < 1.29 is 18.0 Å². The monoisotopic (exact) mass is 488 g/mol. The lowest BCUT2D eigenvalue weighted by molar-refractivity contribution is -0.137. The Labute approximate surface area is 180 Å². The first-order chi connectivity index (χ1) is 13.1. The second-order valence-corrected chi connectivity index (χ2v) is 7.90. The van der Waals surface area contributed by atoms with Crippen molar-refractivity contribution in [3.63, 3.8) is 0 Å². The quantitative estimate of drug-likeness (QED) is 0.355. The maximum absolute atomic E-state index is 13.0. The van der Waals surface area contributed by atoms with Gasteiger partial charge in [0.2, 0.25) is 5.91 Å². The minimum Gasteiger partial charge on any atom is -0.324 e. The van der Waals surface area contributed by atoms with E-state index in [1.807, 2.05) is 0 Å². The third-order valence-electron chi connectivity index (χ3n) is 3.37. The van der Waals surface area contributed by atoms with Crippen LogP contribution in [0.1, 0.15) is 5.56 Å². The molecule has 148 valence electrons. The lowest BCUT2D eigenvalue weighted by atomic mass is 10.3. The number of thioether (sulfide) groups is 1. The molecule has 0 atom stereocenters. The maximum atomic E-state index is 13.0. The van der Waals surface area contributed by atoms with Gasteiger partial charge in [0.05, 0.1) is 37.1 Å². The zero-order chi connectivity index (χ0) is 20.6. The maximum Gasteiger partial charge on any atom is 0.417 e. The van der Waals surface area contributed by atoms with E-state index in [9.17, 15) is 18.0 Å². The number of nitrogens with one attached hydrogen (secondary N) is 1. The predicted molar refractivity (Wildman–Crippen MR) is 104 cm³/mol. The lowest BCUT2D eigenvalue weighted by Crippen LogP contribution is -2.14. The fourth-order valence-corrected chi connectivity index (χ4v) is 3.67. The van der Waals surface area contributed by atoms with E-state index in [1.54, 1.807) is 0 Å². The zero-order valence-electron chi connectivity index (χ0n) is 13.3. The molecule has 5 nitrogen and oxygen atoms in total. The highest BCUT2D eigenvalue weighted by atomic mass is 35.5. The summed E-state index contributed by atoms with van der Waals surface area (Å²) in [5.74, 6) is -0.661. The summed E-state index contributed by atoms with van der Waals surface area (Å²) in [6.45, 7) is 0. The number of alkyl halides is 3. The Bertz CT molecular complexity index is 1070. The number of anilines is 1. The highest BCUT2D eigenvalue weighted by Gasteiger charge is 2.32. The van der Waals surface area contributed by atoms with Gasteiger partial charge >= 0.3 is 6.18 Å². The number of aromatic nitrogens is 3. The number of fused-ring (bicyclic) bond motifs is 1. The molecule has 2 aromatic heterocycles. The molecule has 1 amide bonds. The van der Waals surface area contributed by atoms with Crippen LogP contribution in [0.2, 0.25) is 20.1 Å². The van der Waals surface area contributed by atoms with Crippen LogP contribution >= 0.6 is 58.2 Å². The average Bonchev–Trinajstić information content (AvgIpc) is 3.01. The second kappa shape index (κ2) is 8.16. The number of hydrogen-bond donors (Lipinski definition) is 1. The standard InChI is InChI=1S/C15H7Cl4F3N4OS/c16-7-2-9(18)11(3-8(7)17)23-12(27)5-28-14-25-24-13-10(19)1-6(4-26(13)14)15(20,21)22/h1-4H,5H2,(H,23,27). The smallest absolute Gasteiger partial charge is 0.324 e. The highest BCUT2D eigenvalue weighted by molar-refractivity contribution is 7.99. The van der Waals surface area contributed by atoms with E-state index in [1.165, 1.54) is 12.1 Å². The number of nitrogens with zero attached hydrogens (tertiary/aromatic N) is 3. The molecule has 0 aliphatic rings. The van der Waals surface area contributed by atoms with Gasteiger partial charge in [0.25, 0.3) is 0 Å². The Morgan fingerprint density at radius 2 is 1.71 bits per heavy atom. The van der Waals surface area contributed by atoms with E-state index in [0.29, 0.717) is 0 Å². The van der Waals surface area contributed by atoms with E-state index in [0.717, 1.165) is 28.4 Å². The Hall–Kier alpha value is -1.39. The summed E-state index contributed by atoms with van der Waals surface area (Å²) in [7, 11) is 0. The third kappa shape index (κ3) is 4.60. The number of carbonyl (C=O) groups is 1. The summed E-state index contributed by atoms with van der Waals surface area (Å²) >= 11 is 24.4. The summed E-state index contributed by atoms with van der Waals surface area (Å²) in [5, 5.41) is 10.5. The molecule has 13 heteroatoms. The summed E-state index contributed by atoms with van der Waals surface area (Å²) in [4.78, 5) is 12.2. The van der Waals surface area contributed by atoms with Gasteiger partial charge in [-0.05, 0) is 18.2 Å². The third-order valence-corrected chi connectivity index (χ3v) is 5.63. The van der Waals surface area contributed by atoms with E-state index < -0.39 is 17.6 Å². The number of hydrogen-bond acceptors (Lipinski definition) is 4. The average molecular weight is 490 g/mol. The molecule has 0 fully saturated rings. The predicted octanol–water partition coefficient (Wildman–Crippen LogP) is 6.09. The van der Waals surface area contributed by atoms with Gasteiger partial charge in [-0.3, -0.25) is 9.20 Å². The molecule has 0 aliphatic heterocycles. The number of pyridine rings is 1. The Morgan fingerprint density at radius 3 is 2.39 bits per heavy atom. The molecule has 0 saturated heterocycles. The molecular weight excluding hydrogens is 483 g/mol. The van der Waals surface area contributed by atoms with E-state index >= 15 is 0 Å². The number of benzene rings is 1. The largest absolute Gasteiger partial charge is 0.417 e. The minimum atomic E-state index is -4.59. The van der Waals surface area contributed by atoms with Crippen LogP contribution in [0.4, 0.5) is 18.9 Å². The van der Waals surface area contributed by atoms with Crippen LogP contribution in [-0.4, -0.2) is 26.3 Å². The topological polar surface area (TPSA) is 59.3 Å². The number of carbonyl (C=O) groups excluding carboxylic acids is 1.